The number of hydrogen-bond donors (Lipinski definition) is 2. The second-order valence-electron chi connectivity index (χ2n) is 4.34. The molecule has 0 atom stereocenters. The predicted octanol–water partition coefficient (Wildman–Crippen LogP) is 3.16. The van der Waals surface area contributed by atoms with Crippen molar-refractivity contribution in [1.29, 1.82) is 0 Å². The lowest BCUT2D eigenvalue weighted by molar-refractivity contribution is 0.0950. The molecule has 0 unspecified atom stereocenters. The third kappa shape index (κ3) is 3.26. The smallest absolute Gasteiger partial charge is 0.251 e. The van der Waals surface area contributed by atoms with Gasteiger partial charge in [0.1, 0.15) is 0 Å². The van der Waals surface area contributed by atoms with E-state index in [1.807, 2.05) is 31.2 Å². The molecule has 0 saturated carbocycles. The van der Waals surface area contributed by atoms with Gasteiger partial charge in [0.25, 0.3) is 5.91 Å². The molecule has 98 valence electrons. The van der Waals surface area contributed by atoms with Crippen LogP contribution in [0.1, 0.15) is 21.5 Å². The average Bonchev–Trinajstić information content (AvgIpc) is 2.39. The molecule has 0 aliphatic rings. The van der Waals surface area contributed by atoms with Crippen molar-refractivity contribution in [3.63, 3.8) is 0 Å². The number of carbonyl (C=O) groups excluding carboxylic acids is 1. The summed E-state index contributed by atoms with van der Waals surface area (Å²) in [6, 6.07) is 12.7. The van der Waals surface area contributed by atoms with Crippen LogP contribution in [0.3, 0.4) is 0 Å². The summed E-state index contributed by atoms with van der Waals surface area (Å²) in [5.74, 6) is -0.137. The zero-order valence-corrected chi connectivity index (χ0v) is 11.4. The largest absolute Gasteiger partial charge is 0.399 e. The second kappa shape index (κ2) is 5.76. The normalized spacial score (nSPS) is 10.2. The molecule has 0 bridgehead atoms. The summed E-state index contributed by atoms with van der Waals surface area (Å²) in [5.41, 5.74) is 8.72. The molecule has 19 heavy (non-hydrogen) atoms. The highest BCUT2D eigenvalue weighted by Gasteiger charge is 2.10. The molecule has 0 fully saturated rings. The molecule has 2 rings (SSSR count). The van der Waals surface area contributed by atoms with Gasteiger partial charge in [-0.2, -0.15) is 0 Å². The van der Waals surface area contributed by atoms with Crippen molar-refractivity contribution in [1.82, 2.24) is 5.32 Å². The monoisotopic (exact) mass is 274 g/mol. The van der Waals surface area contributed by atoms with E-state index in [2.05, 4.69) is 5.32 Å². The molecule has 3 nitrogen and oxygen atoms in total. The molecule has 4 heteroatoms. The molecule has 0 saturated heterocycles. The highest BCUT2D eigenvalue weighted by atomic mass is 35.5. The predicted molar refractivity (Wildman–Crippen MR) is 78.2 cm³/mol. The van der Waals surface area contributed by atoms with Gasteiger partial charge in [0, 0.05) is 22.8 Å². The van der Waals surface area contributed by atoms with Crippen molar-refractivity contribution >= 4 is 23.2 Å². The average molecular weight is 275 g/mol. The van der Waals surface area contributed by atoms with Gasteiger partial charge in [0.15, 0.2) is 0 Å². The number of nitrogens with two attached hydrogens (primary N) is 1. The molecule has 0 spiro atoms. The second-order valence-corrected chi connectivity index (χ2v) is 4.75. The van der Waals surface area contributed by atoms with Crippen LogP contribution in [0.15, 0.2) is 42.5 Å². The Kier molecular flexibility index (Phi) is 4.07. The first-order chi connectivity index (χ1) is 9.08. The topological polar surface area (TPSA) is 55.1 Å². The molecule has 3 N–H and O–H groups in total. The molecule has 0 aliphatic heterocycles. The SMILES string of the molecule is Cc1c(Cl)cccc1C(=O)NCc1cccc(N)c1. The molecule has 2 aromatic carbocycles. The Morgan fingerprint density at radius 1 is 1.26 bits per heavy atom. The van der Waals surface area contributed by atoms with Crippen molar-refractivity contribution < 1.29 is 4.79 Å². The Balaban J connectivity index is 2.08. The van der Waals surface area contributed by atoms with Crippen LogP contribution in [0.5, 0.6) is 0 Å². The highest BCUT2D eigenvalue weighted by Crippen LogP contribution is 2.18. The Labute approximate surface area is 117 Å². The lowest BCUT2D eigenvalue weighted by atomic mass is 10.1. The summed E-state index contributed by atoms with van der Waals surface area (Å²) >= 11 is 6.00. The number of nitrogens with one attached hydrogen (secondary N) is 1. The molecule has 2 aromatic rings. The maximum absolute atomic E-state index is 12.1. The number of hydrogen-bond acceptors (Lipinski definition) is 2. The number of halogens is 1. The minimum atomic E-state index is -0.137. The standard InChI is InChI=1S/C15H15ClN2O/c1-10-13(6-3-7-14(10)16)15(19)18-9-11-4-2-5-12(17)8-11/h2-8H,9,17H2,1H3,(H,18,19). The Bertz CT molecular complexity index is 611. The third-order valence-electron chi connectivity index (χ3n) is 2.92. The number of rotatable bonds is 3. The van der Waals surface area contributed by atoms with Crippen LogP contribution < -0.4 is 11.1 Å². The molecular formula is C15H15ClN2O. The molecule has 1 amide bonds. The first kappa shape index (κ1) is 13.4. The van der Waals surface area contributed by atoms with Crippen LogP contribution in [0.2, 0.25) is 5.02 Å². The summed E-state index contributed by atoms with van der Waals surface area (Å²) in [5, 5.41) is 3.45. The number of carbonyl (C=O) groups is 1. The van der Waals surface area contributed by atoms with Crippen molar-refractivity contribution in [2.75, 3.05) is 5.73 Å². The first-order valence-corrected chi connectivity index (χ1v) is 6.33. The van der Waals surface area contributed by atoms with Crippen molar-refractivity contribution in [3.05, 3.63) is 64.2 Å². The van der Waals surface area contributed by atoms with Gasteiger partial charge in [-0.15, -0.1) is 0 Å². The van der Waals surface area contributed by atoms with E-state index in [-0.39, 0.29) is 5.91 Å². The summed E-state index contributed by atoms with van der Waals surface area (Å²) in [6.45, 7) is 2.27. The van der Waals surface area contributed by atoms with Gasteiger partial charge in [-0.3, -0.25) is 4.79 Å². The van der Waals surface area contributed by atoms with Crippen LogP contribution >= 0.6 is 11.6 Å². The van der Waals surface area contributed by atoms with Crippen LogP contribution in [-0.4, -0.2) is 5.91 Å². The van der Waals surface area contributed by atoms with E-state index < -0.39 is 0 Å². The summed E-state index contributed by atoms with van der Waals surface area (Å²) in [7, 11) is 0. The zero-order chi connectivity index (χ0) is 13.8. The number of benzene rings is 2. The Hall–Kier alpha value is -2.00. The van der Waals surface area contributed by atoms with Crippen LogP contribution in [-0.2, 0) is 6.54 Å². The third-order valence-corrected chi connectivity index (χ3v) is 3.33. The lowest BCUT2D eigenvalue weighted by Crippen LogP contribution is -2.23. The van der Waals surface area contributed by atoms with E-state index in [0.717, 1.165) is 11.1 Å². The number of anilines is 1. The molecule has 0 radical (unpaired) electrons. The van der Waals surface area contributed by atoms with E-state index in [4.69, 9.17) is 17.3 Å². The minimum Gasteiger partial charge on any atom is -0.399 e. The fourth-order valence-electron chi connectivity index (χ4n) is 1.83. The van der Waals surface area contributed by atoms with Crippen molar-refractivity contribution in [2.24, 2.45) is 0 Å². The van der Waals surface area contributed by atoms with Gasteiger partial charge in [-0.25, -0.2) is 0 Å². The van der Waals surface area contributed by atoms with Gasteiger partial charge < -0.3 is 11.1 Å². The van der Waals surface area contributed by atoms with Crippen LogP contribution in [0, 0.1) is 6.92 Å². The summed E-state index contributed by atoms with van der Waals surface area (Å²) in [4.78, 5) is 12.1. The maximum Gasteiger partial charge on any atom is 0.251 e. The Morgan fingerprint density at radius 2 is 2.00 bits per heavy atom. The van der Waals surface area contributed by atoms with E-state index in [1.165, 1.54) is 0 Å². The first-order valence-electron chi connectivity index (χ1n) is 5.95. The van der Waals surface area contributed by atoms with E-state index >= 15 is 0 Å². The highest BCUT2D eigenvalue weighted by molar-refractivity contribution is 6.31. The van der Waals surface area contributed by atoms with E-state index in [1.54, 1.807) is 18.2 Å². The quantitative estimate of drug-likeness (QED) is 0.845. The molecular weight excluding hydrogens is 260 g/mol. The fourth-order valence-corrected chi connectivity index (χ4v) is 2.01. The molecule has 0 aliphatic carbocycles. The fraction of sp³-hybridized carbons (Fsp3) is 0.133. The molecule has 0 heterocycles. The van der Waals surface area contributed by atoms with Gasteiger partial charge in [0.2, 0.25) is 0 Å². The van der Waals surface area contributed by atoms with E-state index in [9.17, 15) is 4.79 Å². The van der Waals surface area contributed by atoms with Gasteiger partial charge >= 0.3 is 0 Å². The maximum atomic E-state index is 12.1. The summed E-state index contributed by atoms with van der Waals surface area (Å²) in [6.07, 6.45) is 0. The lowest BCUT2D eigenvalue weighted by Gasteiger charge is -2.09. The molecule has 0 aromatic heterocycles. The van der Waals surface area contributed by atoms with Crippen LogP contribution in [0.4, 0.5) is 5.69 Å². The van der Waals surface area contributed by atoms with Crippen molar-refractivity contribution in [3.8, 4) is 0 Å². The van der Waals surface area contributed by atoms with Gasteiger partial charge in [-0.05, 0) is 42.3 Å². The number of amides is 1. The Morgan fingerprint density at radius 3 is 2.74 bits per heavy atom. The zero-order valence-electron chi connectivity index (χ0n) is 10.6. The number of nitrogen functional groups attached to an aromatic ring is 1. The van der Waals surface area contributed by atoms with Gasteiger partial charge in [-0.1, -0.05) is 29.8 Å². The minimum absolute atomic E-state index is 0.137. The summed E-state index contributed by atoms with van der Waals surface area (Å²) < 4.78 is 0. The van der Waals surface area contributed by atoms with Crippen molar-refractivity contribution in [2.45, 2.75) is 13.5 Å². The van der Waals surface area contributed by atoms with Crippen LogP contribution in [0.25, 0.3) is 0 Å². The van der Waals surface area contributed by atoms with E-state index in [0.29, 0.717) is 22.8 Å². The van der Waals surface area contributed by atoms with Gasteiger partial charge in [0.05, 0.1) is 0 Å².